The van der Waals surface area contributed by atoms with Crippen molar-refractivity contribution < 1.29 is 9.15 Å². The third-order valence-electron chi connectivity index (χ3n) is 3.04. The van der Waals surface area contributed by atoms with Gasteiger partial charge in [-0.3, -0.25) is 0 Å². The normalized spacial score (nSPS) is 12.6. The van der Waals surface area contributed by atoms with Crippen molar-refractivity contribution in [2.75, 3.05) is 6.54 Å². The van der Waals surface area contributed by atoms with Crippen LogP contribution >= 0.6 is 0 Å². The molecule has 20 heavy (non-hydrogen) atoms. The van der Waals surface area contributed by atoms with Gasteiger partial charge in [0.15, 0.2) is 0 Å². The van der Waals surface area contributed by atoms with E-state index >= 15 is 0 Å². The van der Waals surface area contributed by atoms with Crippen molar-refractivity contribution in [3.05, 3.63) is 54.0 Å². The molecule has 108 valence electrons. The quantitative estimate of drug-likeness (QED) is 0.822. The summed E-state index contributed by atoms with van der Waals surface area (Å²) in [5, 5.41) is 3.55. The minimum absolute atomic E-state index is 0.143. The van der Waals surface area contributed by atoms with Gasteiger partial charge < -0.3 is 14.5 Å². The highest BCUT2D eigenvalue weighted by molar-refractivity contribution is 5.35. The molecule has 1 unspecified atom stereocenters. The average molecular weight is 273 g/mol. The minimum atomic E-state index is 0.143. The highest BCUT2D eigenvalue weighted by Gasteiger charge is 2.15. The third kappa shape index (κ3) is 3.87. The number of rotatable bonds is 7. The lowest BCUT2D eigenvalue weighted by molar-refractivity contribution is 0.242. The van der Waals surface area contributed by atoms with Crippen molar-refractivity contribution in [3.63, 3.8) is 0 Å². The van der Waals surface area contributed by atoms with Crippen LogP contribution in [0.15, 0.2) is 47.3 Å². The molecular formula is C17H23NO2. The summed E-state index contributed by atoms with van der Waals surface area (Å²) >= 11 is 0. The maximum atomic E-state index is 5.78. The van der Waals surface area contributed by atoms with Gasteiger partial charge in [0, 0.05) is 5.56 Å². The zero-order chi connectivity index (χ0) is 14.4. The fourth-order valence-electron chi connectivity index (χ4n) is 2.20. The van der Waals surface area contributed by atoms with E-state index in [2.05, 4.69) is 24.4 Å². The second kappa shape index (κ2) is 7.15. The van der Waals surface area contributed by atoms with E-state index in [-0.39, 0.29) is 12.1 Å². The lowest BCUT2D eigenvalue weighted by Gasteiger charge is -2.19. The van der Waals surface area contributed by atoms with Gasteiger partial charge in [-0.05, 0) is 50.6 Å². The molecule has 0 amide bonds. The summed E-state index contributed by atoms with van der Waals surface area (Å²) < 4.78 is 11.0. The summed E-state index contributed by atoms with van der Waals surface area (Å²) in [6.07, 6.45) is 4.78. The first kappa shape index (κ1) is 14.7. The average Bonchev–Trinajstić information content (AvgIpc) is 2.93. The first-order chi connectivity index (χ1) is 9.70. The molecule has 2 rings (SSSR count). The van der Waals surface area contributed by atoms with Crippen LogP contribution in [0.3, 0.4) is 0 Å². The molecule has 1 atom stereocenters. The number of benzene rings is 1. The van der Waals surface area contributed by atoms with Crippen molar-refractivity contribution in [2.45, 2.75) is 39.3 Å². The molecule has 2 aromatic rings. The monoisotopic (exact) mass is 273 g/mol. The zero-order valence-electron chi connectivity index (χ0n) is 12.4. The Labute approximate surface area is 121 Å². The van der Waals surface area contributed by atoms with Gasteiger partial charge in [0.05, 0.1) is 24.7 Å². The van der Waals surface area contributed by atoms with E-state index in [9.17, 15) is 0 Å². The van der Waals surface area contributed by atoms with Gasteiger partial charge in [-0.2, -0.15) is 0 Å². The van der Waals surface area contributed by atoms with Crippen LogP contribution in [0, 0.1) is 0 Å². The molecule has 1 heterocycles. The largest absolute Gasteiger partial charge is 0.491 e. The van der Waals surface area contributed by atoms with Gasteiger partial charge in [-0.25, -0.2) is 0 Å². The topological polar surface area (TPSA) is 34.4 Å². The molecule has 0 aliphatic carbocycles. The molecule has 3 heteroatoms. The van der Waals surface area contributed by atoms with E-state index in [0.717, 1.165) is 24.3 Å². The smallest absolute Gasteiger partial charge is 0.120 e. The number of hydrogen-bond acceptors (Lipinski definition) is 3. The molecule has 0 fully saturated rings. The SMILES string of the molecule is CCCNC(c1ccoc1)c1cccc(OC(C)C)c1. The van der Waals surface area contributed by atoms with Crippen LogP contribution in [0.1, 0.15) is 44.4 Å². The molecule has 0 bridgehead atoms. The summed E-state index contributed by atoms with van der Waals surface area (Å²) in [6.45, 7) is 7.20. The van der Waals surface area contributed by atoms with Crippen molar-refractivity contribution in [1.82, 2.24) is 5.32 Å². The number of hydrogen-bond donors (Lipinski definition) is 1. The summed E-state index contributed by atoms with van der Waals surface area (Å²) in [6, 6.07) is 10.4. The lowest BCUT2D eigenvalue weighted by atomic mass is 10.0. The minimum Gasteiger partial charge on any atom is -0.491 e. The Balaban J connectivity index is 2.24. The Morgan fingerprint density at radius 3 is 2.70 bits per heavy atom. The summed E-state index contributed by atoms with van der Waals surface area (Å²) in [5.74, 6) is 0.907. The molecule has 0 aliphatic heterocycles. The van der Waals surface area contributed by atoms with Gasteiger partial charge in [-0.15, -0.1) is 0 Å². The van der Waals surface area contributed by atoms with Crippen molar-refractivity contribution in [2.24, 2.45) is 0 Å². The molecule has 0 spiro atoms. The molecule has 0 saturated carbocycles. The van der Waals surface area contributed by atoms with Crippen LogP contribution < -0.4 is 10.1 Å². The molecule has 3 nitrogen and oxygen atoms in total. The van der Waals surface area contributed by atoms with E-state index in [0.29, 0.717) is 0 Å². The van der Waals surface area contributed by atoms with Gasteiger partial charge in [0.2, 0.25) is 0 Å². The molecule has 0 radical (unpaired) electrons. The highest BCUT2D eigenvalue weighted by Crippen LogP contribution is 2.26. The van der Waals surface area contributed by atoms with E-state index in [4.69, 9.17) is 9.15 Å². The van der Waals surface area contributed by atoms with E-state index in [1.54, 1.807) is 12.5 Å². The first-order valence-electron chi connectivity index (χ1n) is 7.22. The number of nitrogens with one attached hydrogen (secondary N) is 1. The van der Waals surface area contributed by atoms with Gasteiger partial charge in [0.1, 0.15) is 5.75 Å². The highest BCUT2D eigenvalue weighted by atomic mass is 16.5. The Bertz CT molecular complexity index is 505. The van der Waals surface area contributed by atoms with Gasteiger partial charge in [-0.1, -0.05) is 19.1 Å². The van der Waals surface area contributed by atoms with E-state index in [1.807, 2.05) is 32.0 Å². The van der Waals surface area contributed by atoms with Crippen molar-refractivity contribution in [3.8, 4) is 5.75 Å². The molecule has 0 saturated heterocycles. The Hall–Kier alpha value is -1.74. The fraction of sp³-hybridized carbons (Fsp3) is 0.412. The van der Waals surface area contributed by atoms with E-state index < -0.39 is 0 Å². The second-order valence-corrected chi connectivity index (χ2v) is 5.18. The Kier molecular flexibility index (Phi) is 5.24. The van der Waals surface area contributed by atoms with Crippen molar-refractivity contribution in [1.29, 1.82) is 0 Å². The molecule has 1 N–H and O–H groups in total. The number of ether oxygens (including phenoxy) is 1. The van der Waals surface area contributed by atoms with Crippen LogP contribution in [-0.2, 0) is 0 Å². The summed E-state index contributed by atoms with van der Waals surface area (Å²) in [5.41, 5.74) is 2.33. The predicted molar refractivity (Wildman–Crippen MR) is 81.1 cm³/mol. The third-order valence-corrected chi connectivity index (χ3v) is 3.04. The standard InChI is InChI=1S/C17H23NO2/c1-4-9-18-17(15-8-10-19-12-15)14-6-5-7-16(11-14)20-13(2)3/h5-8,10-13,17-18H,4,9H2,1-3H3. The maximum absolute atomic E-state index is 5.78. The van der Waals surface area contributed by atoms with Crippen LogP contribution in [-0.4, -0.2) is 12.6 Å². The van der Waals surface area contributed by atoms with Crippen LogP contribution in [0.25, 0.3) is 0 Å². The fourth-order valence-corrected chi connectivity index (χ4v) is 2.20. The lowest BCUT2D eigenvalue weighted by Crippen LogP contribution is -2.22. The predicted octanol–water partition coefficient (Wildman–Crippen LogP) is 4.16. The van der Waals surface area contributed by atoms with Crippen LogP contribution in [0.2, 0.25) is 0 Å². The molecule has 1 aromatic heterocycles. The van der Waals surface area contributed by atoms with E-state index in [1.165, 1.54) is 5.56 Å². The Morgan fingerprint density at radius 2 is 2.05 bits per heavy atom. The Morgan fingerprint density at radius 1 is 1.20 bits per heavy atom. The van der Waals surface area contributed by atoms with Gasteiger partial charge >= 0.3 is 0 Å². The summed E-state index contributed by atoms with van der Waals surface area (Å²) in [4.78, 5) is 0. The number of furan rings is 1. The van der Waals surface area contributed by atoms with Crippen LogP contribution in [0.5, 0.6) is 5.75 Å². The van der Waals surface area contributed by atoms with Crippen molar-refractivity contribution >= 4 is 0 Å². The molecule has 1 aromatic carbocycles. The maximum Gasteiger partial charge on any atom is 0.120 e. The zero-order valence-corrected chi connectivity index (χ0v) is 12.4. The molecule has 0 aliphatic rings. The van der Waals surface area contributed by atoms with Gasteiger partial charge in [0.25, 0.3) is 0 Å². The first-order valence-corrected chi connectivity index (χ1v) is 7.22. The second-order valence-electron chi connectivity index (χ2n) is 5.18. The molecular weight excluding hydrogens is 250 g/mol. The summed E-state index contributed by atoms with van der Waals surface area (Å²) in [7, 11) is 0. The van der Waals surface area contributed by atoms with Crippen LogP contribution in [0.4, 0.5) is 0 Å².